The maximum Gasteiger partial charge on any atom is 0.175 e. The van der Waals surface area contributed by atoms with Crippen LogP contribution in [0.25, 0.3) is 0 Å². The van der Waals surface area contributed by atoms with Crippen molar-refractivity contribution < 1.29 is 14.2 Å². The predicted octanol–water partition coefficient (Wildman–Crippen LogP) is 2.91. The minimum absolute atomic E-state index is 0.184. The molecule has 0 saturated carbocycles. The highest BCUT2D eigenvalue weighted by atomic mass is 79.9. The first-order valence-electron chi connectivity index (χ1n) is 7.05. The molecule has 20 heavy (non-hydrogen) atoms. The highest BCUT2D eigenvalue weighted by Crippen LogP contribution is 2.37. The molecule has 5 heteroatoms. The maximum atomic E-state index is 5.90. The SMILES string of the molecule is COc1cc(CCN)cc(Br)c1OCC1CCCCO1. The fraction of sp³-hybridized carbons (Fsp3) is 0.600. The third kappa shape index (κ3) is 4.11. The van der Waals surface area contributed by atoms with Crippen molar-refractivity contribution in [2.45, 2.75) is 31.8 Å². The first kappa shape index (κ1) is 15.6. The van der Waals surface area contributed by atoms with Crippen molar-refractivity contribution in [1.82, 2.24) is 0 Å². The molecule has 0 bridgehead atoms. The van der Waals surface area contributed by atoms with Gasteiger partial charge >= 0.3 is 0 Å². The van der Waals surface area contributed by atoms with E-state index in [0.29, 0.717) is 13.2 Å². The topological polar surface area (TPSA) is 53.7 Å². The van der Waals surface area contributed by atoms with Crippen molar-refractivity contribution in [1.29, 1.82) is 0 Å². The quantitative estimate of drug-likeness (QED) is 0.862. The highest BCUT2D eigenvalue weighted by Gasteiger charge is 2.17. The van der Waals surface area contributed by atoms with E-state index in [4.69, 9.17) is 19.9 Å². The van der Waals surface area contributed by atoms with E-state index in [-0.39, 0.29) is 6.10 Å². The van der Waals surface area contributed by atoms with Crippen LogP contribution in [0.1, 0.15) is 24.8 Å². The minimum Gasteiger partial charge on any atom is -0.493 e. The molecule has 0 amide bonds. The van der Waals surface area contributed by atoms with Gasteiger partial charge in [0, 0.05) is 6.61 Å². The molecule has 1 saturated heterocycles. The van der Waals surface area contributed by atoms with Crippen LogP contribution < -0.4 is 15.2 Å². The molecule has 0 aliphatic carbocycles. The van der Waals surface area contributed by atoms with Crippen molar-refractivity contribution >= 4 is 15.9 Å². The molecule has 1 aromatic carbocycles. The molecule has 1 heterocycles. The van der Waals surface area contributed by atoms with Crippen molar-refractivity contribution in [3.8, 4) is 11.5 Å². The van der Waals surface area contributed by atoms with E-state index >= 15 is 0 Å². The molecule has 0 aromatic heterocycles. The van der Waals surface area contributed by atoms with Crippen LogP contribution in [-0.4, -0.2) is 33.0 Å². The van der Waals surface area contributed by atoms with Crippen molar-refractivity contribution in [3.05, 3.63) is 22.2 Å². The monoisotopic (exact) mass is 343 g/mol. The van der Waals surface area contributed by atoms with Gasteiger partial charge < -0.3 is 19.9 Å². The van der Waals surface area contributed by atoms with Crippen molar-refractivity contribution in [3.63, 3.8) is 0 Å². The summed E-state index contributed by atoms with van der Waals surface area (Å²) >= 11 is 3.55. The average molecular weight is 344 g/mol. The maximum absolute atomic E-state index is 5.90. The molecule has 0 radical (unpaired) electrons. The molecule has 2 N–H and O–H groups in total. The van der Waals surface area contributed by atoms with E-state index in [9.17, 15) is 0 Å². The summed E-state index contributed by atoms with van der Waals surface area (Å²) < 4.78 is 17.9. The van der Waals surface area contributed by atoms with Crippen LogP contribution >= 0.6 is 15.9 Å². The Morgan fingerprint density at radius 3 is 2.90 bits per heavy atom. The zero-order valence-corrected chi connectivity index (χ0v) is 13.4. The van der Waals surface area contributed by atoms with Crippen LogP contribution in [0.5, 0.6) is 11.5 Å². The van der Waals surface area contributed by atoms with Crippen molar-refractivity contribution in [2.24, 2.45) is 5.73 Å². The standard InChI is InChI=1S/C15H22BrNO3/c1-18-14-9-11(5-6-17)8-13(16)15(14)20-10-12-4-2-3-7-19-12/h8-9,12H,2-7,10,17H2,1H3. The van der Waals surface area contributed by atoms with Crippen LogP contribution in [0.15, 0.2) is 16.6 Å². The number of halogens is 1. The lowest BCUT2D eigenvalue weighted by molar-refractivity contribution is -0.0116. The zero-order chi connectivity index (χ0) is 14.4. The fourth-order valence-electron chi connectivity index (χ4n) is 2.34. The van der Waals surface area contributed by atoms with Gasteiger partial charge in [-0.2, -0.15) is 0 Å². The summed E-state index contributed by atoms with van der Waals surface area (Å²) in [6, 6.07) is 4.02. The van der Waals surface area contributed by atoms with Gasteiger partial charge in [-0.25, -0.2) is 0 Å². The smallest absolute Gasteiger partial charge is 0.175 e. The Kier molecular flexibility index (Phi) is 6.13. The van der Waals surface area contributed by atoms with Crippen LogP contribution in [0, 0.1) is 0 Å². The summed E-state index contributed by atoms with van der Waals surface area (Å²) in [5, 5.41) is 0. The third-order valence-electron chi connectivity index (χ3n) is 3.41. The van der Waals surface area contributed by atoms with Gasteiger partial charge in [0.1, 0.15) is 6.61 Å². The summed E-state index contributed by atoms with van der Waals surface area (Å²) in [5.74, 6) is 1.47. The van der Waals surface area contributed by atoms with Gasteiger partial charge in [-0.3, -0.25) is 0 Å². The Morgan fingerprint density at radius 2 is 2.25 bits per heavy atom. The summed E-state index contributed by atoms with van der Waals surface area (Å²) in [5.41, 5.74) is 6.73. The minimum atomic E-state index is 0.184. The van der Waals surface area contributed by atoms with E-state index in [1.165, 1.54) is 6.42 Å². The van der Waals surface area contributed by atoms with Gasteiger partial charge in [0.15, 0.2) is 11.5 Å². The lowest BCUT2D eigenvalue weighted by atomic mass is 10.1. The van der Waals surface area contributed by atoms with Gasteiger partial charge in [0.25, 0.3) is 0 Å². The summed E-state index contributed by atoms with van der Waals surface area (Å²) in [6.45, 7) is 2.01. The summed E-state index contributed by atoms with van der Waals surface area (Å²) in [6.07, 6.45) is 4.43. The van der Waals surface area contributed by atoms with Crippen molar-refractivity contribution in [2.75, 3.05) is 26.9 Å². The molecule has 1 aliphatic heterocycles. The van der Waals surface area contributed by atoms with Crippen LogP contribution in [-0.2, 0) is 11.2 Å². The van der Waals surface area contributed by atoms with Crippen LogP contribution in [0.4, 0.5) is 0 Å². The molecule has 0 spiro atoms. The van der Waals surface area contributed by atoms with Crippen LogP contribution in [0.2, 0.25) is 0 Å². The second kappa shape index (κ2) is 7.86. The number of methoxy groups -OCH3 is 1. The van der Waals surface area contributed by atoms with E-state index in [1.54, 1.807) is 7.11 Å². The van der Waals surface area contributed by atoms with Gasteiger partial charge in [-0.15, -0.1) is 0 Å². The second-order valence-corrected chi connectivity index (χ2v) is 5.80. The largest absolute Gasteiger partial charge is 0.493 e. The molecule has 1 unspecified atom stereocenters. The number of nitrogens with two attached hydrogens (primary N) is 1. The molecule has 2 rings (SSSR count). The predicted molar refractivity (Wildman–Crippen MR) is 82.5 cm³/mol. The van der Waals surface area contributed by atoms with E-state index in [0.717, 1.165) is 47.4 Å². The van der Waals surface area contributed by atoms with Gasteiger partial charge in [0.05, 0.1) is 17.7 Å². The zero-order valence-electron chi connectivity index (χ0n) is 11.9. The Labute approximate surface area is 128 Å². The first-order valence-corrected chi connectivity index (χ1v) is 7.84. The molecular weight excluding hydrogens is 322 g/mol. The molecule has 1 fully saturated rings. The molecule has 1 aliphatic rings. The van der Waals surface area contributed by atoms with E-state index in [1.807, 2.05) is 12.1 Å². The molecule has 112 valence electrons. The number of ether oxygens (including phenoxy) is 3. The Balaban J connectivity index is 2.05. The second-order valence-electron chi connectivity index (χ2n) is 4.95. The van der Waals surface area contributed by atoms with Gasteiger partial charge in [-0.1, -0.05) is 0 Å². The van der Waals surface area contributed by atoms with Gasteiger partial charge in [0.2, 0.25) is 0 Å². The third-order valence-corrected chi connectivity index (χ3v) is 4.00. The number of hydrogen-bond acceptors (Lipinski definition) is 4. The summed E-state index contributed by atoms with van der Waals surface area (Å²) in [4.78, 5) is 0. The number of rotatable bonds is 6. The molecule has 1 atom stereocenters. The summed E-state index contributed by atoms with van der Waals surface area (Å²) in [7, 11) is 1.65. The van der Waals surface area contributed by atoms with Crippen LogP contribution in [0.3, 0.4) is 0 Å². The first-order chi connectivity index (χ1) is 9.74. The lowest BCUT2D eigenvalue weighted by Crippen LogP contribution is -2.26. The Morgan fingerprint density at radius 1 is 1.40 bits per heavy atom. The fourth-order valence-corrected chi connectivity index (χ4v) is 2.94. The van der Waals surface area contributed by atoms with Gasteiger partial charge in [-0.05, 0) is 65.9 Å². The lowest BCUT2D eigenvalue weighted by Gasteiger charge is -2.23. The Bertz CT molecular complexity index is 433. The average Bonchev–Trinajstić information content (AvgIpc) is 2.47. The van der Waals surface area contributed by atoms with E-state index < -0.39 is 0 Å². The molecule has 4 nitrogen and oxygen atoms in total. The molecule has 1 aromatic rings. The van der Waals surface area contributed by atoms with E-state index in [2.05, 4.69) is 15.9 Å². The number of hydrogen-bond donors (Lipinski definition) is 1. The number of benzene rings is 1. The highest BCUT2D eigenvalue weighted by molar-refractivity contribution is 9.10. The molecular formula is C15H22BrNO3. The normalized spacial score (nSPS) is 18.9. The Hall–Kier alpha value is -0.780.